The molecule has 0 radical (unpaired) electrons. The average Bonchev–Trinajstić information content (AvgIpc) is 3.93. The third-order valence-electron chi connectivity index (χ3n) is 10.7. The van der Waals surface area contributed by atoms with Gasteiger partial charge in [0, 0.05) is 11.5 Å². The van der Waals surface area contributed by atoms with E-state index in [0.717, 1.165) is 17.1 Å². The fourth-order valence-electron chi connectivity index (χ4n) is 7.46. The molecule has 3 unspecified atom stereocenters. The normalized spacial score (nSPS) is 25.1. The lowest BCUT2D eigenvalue weighted by molar-refractivity contribution is -0.144. The van der Waals surface area contributed by atoms with Crippen LogP contribution in [-0.2, 0) is 54.5 Å². The zero-order chi connectivity index (χ0) is 46.5. The first-order valence-electron chi connectivity index (χ1n) is 19.9. The van der Waals surface area contributed by atoms with Gasteiger partial charge < -0.3 is 64.7 Å². The van der Waals surface area contributed by atoms with Crippen LogP contribution in [0.5, 0.6) is 5.75 Å². The van der Waals surface area contributed by atoms with Crippen molar-refractivity contribution in [1.82, 2.24) is 24.5 Å². The number of benzene rings is 4. The van der Waals surface area contributed by atoms with Gasteiger partial charge in [-0.15, -0.1) is 0 Å². The Morgan fingerprint density at radius 2 is 1.52 bits per heavy atom. The second-order valence-electron chi connectivity index (χ2n) is 15.2. The Bertz CT molecular complexity index is 3070. The van der Waals surface area contributed by atoms with E-state index in [1.165, 1.54) is 23.0 Å². The number of esters is 1. The maximum absolute atomic E-state index is 13.1. The van der Waals surface area contributed by atoms with Crippen molar-refractivity contribution < 1.29 is 80.9 Å². The van der Waals surface area contributed by atoms with E-state index >= 15 is 0 Å². The number of nitrogens with two attached hydrogens (primary N) is 1. The van der Waals surface area contributed by atoms with Gasteiger partial charge in [-0.2, -0.15) is 4.31 Å². The number of anilines is 1. The highest BCUT2D eigenvalue weighted by Gasteiger charge is 2.48. The third-order valence-corrected chi connectivity index (χ3v) is 13.3. The molecule has 10 atom stereocenters. The number of phosphoric ester groups is 2. The quantitative estimate of drug-likeness (QED) is 0.0315. The molecule has 9 N–H and O–H groups in total. The highest BCUT2D eigenvalue weighted by atomic mass is 31.3. The molecule has 5 heterocycles. The molecule has 26 heteroatoms. The molecule has 5 aromatic rings. The molecule has 0 spiro atoms. The molecule has 2 saturated heterocycles. The largest absolute Gasteiger partial charge is 0.481 e. The number of hydrogen-bond donors (Lipinski definition) is 8. The van der Waals surface area contributed by atoms with E-state index in [1.807, 2.05) is 24.3 Å². The van der Waals surface area contributed by atoms with Crippen molar-refractivity contribution in [2.75, 3.05) is 18.9 Å². The van der Waals surface area contributed by atoms with Crippen molar-refractivity contribution in [3.63, 3.8) is 0 Å². The standard InChI is InChI=1S/C40H39N7O17P2/c41-21-7-10-25-26(13-21)61-27-11-20(23-3-1-2-4-24(23)31(27)46-25)12-30(48)57-14-19-5-8-22(9-6-19)60-40-36(52)34(50)29(63-40)16-59-66(55,56)64-65(53,54)58-15-28-33(49)35(51)39(62-28)47-18-45-32-37(42)43-17-44-38(32)47/h1-11,13,17-18,28-29,33-36,39-41,49-52H,12,14-16H2,(H,53,54)(H,55,56)(H2,42,43,44)/t28?,29-,33-,34-,35-,36-,39-,40+/m1/s1. The highest BCUT2D eigenvalue weighted by Crippen LogP contribution is 2.60. The molecule has 4 aliphatic rings. The molecule has 346 valence electrons. The Morgan fingerprint density at radius 3 is 2.26 bits per heavy atom. The van der Waals surface area contributed by atoms with Crippen molar-refractivity contribution in [2.45, 2.75) is 62.2 Å². The van der Waals surface area contributed by atoms with Crippen molar-refractivity contribution >= 4 is 60.5 Å². The summed E-state index contributed by atoms with van der Waals surface area (Å²) in [4.78, 5) is 50.1. The zero-order valence-corrected chi connectivity index (χ0v) is 35.7. The van der Waals surface area contributed by atoms with E-state index in [0.29, 0.717) is 33.7 Å². The van der Waals surface area contributed by atoms with Gasteiger partial charge >= 0.3 is 21.6 Å². The Kier molecular flexibility index (Phi) is 12.4. The van der Waals surface area contributed by atoms with Crippen molar-refractivity contribution in [3.05, 3.63) is 102 Å². The highest BCUT2D eigenvalue weighted by molar-refractivity contribution is 7.61. The van der Waals surface area contributed by atoms with Crippen LogP contribution in [0.25, 0.3) is 44.5 Å². The molecule has 66 heavy (non-hydrogen) atoms. The fraction of sp³-hybridized carbons (Fsp3) is 0.300. The summed E-state index contributed by atoms with van der Waals surface area (Å²) in [7, 11) is -10.9. The first-order chi connectivity index (χ1) is 31.5. The molecule has 3 aromatic carbocycles. The van der Waals surface area contributed by atoms with Crippen LogP contribution in [0.3, 0.4) is 0 Å². The summed E-state index contributed by atoms with van der Waals surface area (Å²) in [5, 5.41) is 52.1. The summed E-state index contributed by atoms with van der Waals surface area (Å²) in [5.74, 6) is 0.125. The molecule has 0 amide bonds. The van der Waals surface area contributed by atoms with Crippen molar-refractivity contribution in [1.29, 1.82) is 5.41 Å². The fourth-order valence-corrected chi connectivity index (χ4v) is 9.55. The van der Waals surface area contributed by atoms with Gasteiger partial charge in [-0.05, 0) is 46.8 Å². The van der Waals surface area contributed by atoms with E-state index in [-0.39, 0.29) is 41.1 Å². The smallest absolute Gasteiger partial charge is 0.462 e. The zero-order valence-electron chi connectivity index (χ0n) is 33.9. The summed E-state index contributed by atoms with van der Waals surface area (Å²) in [5.41, 5.74) is 9.03. The number of phosphoric acid groups is 2. The molecule has 3 aliphatic heterocycles. The number of hydrogen-bond acceptors (Lipinski definition) is 21. The van der Waals surface area contributed by atoms with Gasteiger partial charge in [-0.25, -0.2) is 29.1 Å². The molecule has 24 nitrogen and oxygen atoms in total. The number of rotatable bonds is 15. The number of fused-ring (bicyclic) bond motifs is 5. The molecule has 2 fully saturated rings. The van der Waals surface area contributed by atoms with Gasteiger partial charge in [-0.1, -0.05) is 36.4 Å². The number of aliphatic hydroxyl groups is 4. The maximum atomic E-state index is 13.1. The molecule has 0 bridgehead atoms. The summed E-state index contributed by atoms with van der Waals surface area (Å²) in [6.07, 6.45) is -10.2. The number of nitrogens with one attached hydrogen (secondary N) is 1. The third kappa shape index (κ3) is 9.41. The minimum Gasteiger partial charge on any atom is -0.462 e. The minimum atomic E-state index is -5.43. The van der Waals surface area contributed by atoms with Crippen molar-refractivity contribution in [2.24, 2.45) is 0 Å². The van der Waals surface area contributed by atoms with Gasteiger partial charge in [0.2, 0.25) is 6.29 Å². The number of nitrogens with zero attached hydrogens (tertiary/aromatic N) is 5. The SMILES string of the molecule is N=c1ccc2nc3c(cc(CC(=O)OCc4ccc(O[C@H]5O[C@H](COP(=O)(O)OP(=O)(O)OCC6O[C@@H](n7cnc8c(N)ncnc87)[C@H](O)[C@@H]6O)[C@@H](O)[C@H]5O)cc4)c4ccccc43)oc-2c1. The molecule has 0 saturated carbocycles. The molecule has 1 aliphatic carbocycles. The number of carbonyl (C=O) groups excluding carboxylic acids is 1. The van der Waals surface area contributed by atoms with Crippen LogP contribution in [0.15, 0.2) is 89.9 Å². The van der Waals surface area contributed by atoms with Gasteiger partial charge in [-0.3, -0.25) is 18.4 Å². The minimum absolute atomic E-state index is 0.0423. The van der Waals surface area contributed by atoms with Gasteiger partial charge in [0.1, 0.15) is 72.0 Å². The number of imidazole rings is 1. The van der Waals surface area contributed by atoms with Crippen LogP contribution < -0.4 is 15.8 Å². The summed E-state index contributed by atoms with van der Waals surface area (Å²) in [6, 6.07) is 20.3. The molecular formula is C40H39N7O17P2. The Labute approximate surface area is 370 Å². The van der Waals surface area contributed by atoms with Crippen LogP contribution in [0, 0.1) is 5.41 Å². The van der Waals surface area contributed by atoms with Gasteiger partial charge in [0.05, 0.1) is 31.3 Å². The van der Waals surface area contributed by atoms with Crippen LogP contribution in [-0.4, -0.2) is 117 Å². The topological polar surface area (TPSA) is 357 Å². The summed E-state index contributed by atoms with van der Waals surface area (Å²) in [6.45, 7) is -1.95. The molecule has 2 aromatic heterocycles. The van der Waals surface area contributed by atoms with Crippen LogP contribution >= 0.6 is 15.6 Å². The van der Waals surface area contributed by atoms with Crippen LogP contribution in [0.2, 0.25) is 0 Å². The predicted octanol–water partition coefficient (Wildman–Crippen LogP) is 1.97. The van der Waals surface area contributed by atoms with E-state index in [1.54, 1.807) is 36.4 Å². The molecule has 9 rings (SSSR count). The predicted molar refractivity (Wildman–Crippen MR) is 224 cm³/mol. The van der Waals surface area contributed by atoms with E-state index < -0.39 is 84.0 Å². The van der Waals surface area contributed by atoms with Crippen LogP contribution in [0.1, 0.15) is 17.4 Å². The first-order valence-corrected chi connectivity index (χ1v) is 22.8. The second kappa shape index (κ2) is 18.1. The second-order valence-corrected chi connectivity index (χ2v) is 18.2. The first kappa shape index (κ1) is 45.3. The summed E-state index contributed by atoms with van der Waals surface area (Å²) < 4.78 is 68.9. The number of nitrogen functional groups attached to an aromatic ring is 1. The Morgan fingerprint density at radius 1 is 0.818 bits per heavy atom. The lowest BCUT2D eigenvalue weighted by atomic mass is 10.0. The lowest BCUT2D eigenvalue weighted by Crippen LogP contribution is -2.35. The number of ether oxygens (including phenoxy) is 4. The Balaban J connectivity index is 0.746. The van der Waals surface area contributed by atoms with E-state index in [4.69, 9.17) is 48.5 Å². The monoisotopic (exact) mass is 951 g/mol. The van der Waals surface area contributed by atoms with E-state index in [9.17, 15) is 44.1 Å². The Hall–Kier alpha value is -5.82. The number of carbonyl (C=O) groups is 1. The van der Waals surface area contributed by atoms with Gasteiger partial charge in [0.25, 0.3) is 0 Å². The summed E-state index contributed by atoms with van der Waals surface area (Å²) >= 11 is 0. The number of aromatic nitrogens is 5. The average molecular weight is 952 g/mol. The van der Waals surface area contributed by atoms with Crippen molar-refractivity contribution in [3.8, 4) is 17.2 Å². The lowest BCUT2D eigenvalue weighted by Gasteiger charge is -2.20. The maximum Gasteiger partial charge on any atom is 0.481 e. The van der Waals surface area contributed by atoms with E-state index in [2.05, 4.69) is 19.3 Å². The molecular weight excluding hydrogens is 912 g/mol. The van der Waals surface area contributed by atoms with Gasteiger partial charge in [0.15, 0.2) is 29.0 Å². The van der Waals surface area contributed by atoms with Crippen LogP contribution in [0.4, 0.5) is 5.82 Å². The number of aliphatic hydroxyl groups excluding tert-OH is 4.